The maximum Gasteiger partial charge on any atom is 0.304 e. The summed E-state index contributed by atoms with van der Waals surface area (Å²) in [5.74, 6) is 0.124. The molecule has 1 aromatic rings. The number of fused-ring (bicyclic) bond motifs is 1. The molecular weight excluding hydrogens is 228 g/mol. The minimum absolute atomic E-state index is 0.113. The fraction of sp³-hybridized carbons (Fsp3) is 0.533. The Morgan fingerprint density at radius 2 is 2.11 bits per heavy atom. The van der Waals surface area contributed by atoms with Crippen LogP contribution in [-0.4, -0.2) is 18.2 Å². The summed E-state index contributed by atoms with van der Waals surface area (Å²) in [6.45, 7) is 3.92. The number of aliphatic carboxylic acids is 1. The van der Waals surface area contributed by atoms with Crippen LogP contribution in [0.4, 0.5) is 0 Å². The molecular formula is C15H20O3. The average Bonchev–Trinajstić information content (AvgIpc) is 2.73. The van der Waals surface area contributed by atoms with Crippen LogP contribution >= 0.6 is 0 Å². The zero-order chi connectivity index (χ0) is 13.3. The zero-order valence-corrected chi connectivity index (χ0v) is 11.2. The van der Waals surface area contributed by atoms with Crippen LogP contribution in [0, 0.1) is 0 Å². The Balaban J connectivity index is 2.48. The molecule has 0 atom stereocenters. The number of methoxy groups -OCH3 is 1. The molecule has 0 bridgehead atoms. The molecule has 3 heteroatoms. The van der Waals surface area contributed by atoms with Crippen molar-refractivity contribution in [3.8, 4) is 5.75 Å². The normalized spacial score (nSPS) is 14.4. The van der Waals surface area contributed by atoms with Crippen LogP contribution in [0.5, 0.6) is 5.75 Å². The summed E-state index contributed by atoms with van der Waals surface area (Å²) in [4.78, 5) is 11.0. The fourth-order valence-corrected chi connectivity index (χ4v) is 2.87. The molecule has 1 aliphatic rings. The van der Waals surface area contributed by atoms with E-state index in [4.69, 9.17) is 9.84 Å². The molecule has 0 radical (unpaired) electrons. The molecule has 0 saturated carbocycles. The minimum Gasteiger partial charge on any atom is -0.496 e. The van der Waals surface area contributed by atoms with Crippen LogP contribution in [0.15, 0.2) is 12.1 Å². The van der Waals surface area contributed by atoms with Crippen LogP contribution < -0.4 is 4.74 Å². The molecule has 0 heterocycles. The lowest BCUT2D eigenvalue weighted by Crippen LogP contribution is -2.23. The Hall–Kier alpha value is -1.51. The van der Waals surface area contributed by atoms with Gasteiger partial charge in [0.2, 0.25) is 0 Å². The van der Waals surface area contributed by atoms with Crippen molar-refractivity contribution in [2.24, 2.45) is 0 Å². The summed E-state index contributed by atoms with van der Waals surface area (Å²) in [5.41, 5.74) is 3.22. The molecule has 0 fully saturated rings. The minimum atomic E-state index is -0.775. The van der Waals surface area contributed by atoms with E-state index in [-0.39, 0.29) is 6.42 Å². The van der Waals surface area contributed by atoms with Gasteiger partial charge in [-0.3, -0.25) is 4.79 Å². The second-order valence-corrected chi connectivity index (χ2v) is 5.59. The monoisotopic (exact) mass is 248 g/mol. The molecule has 1 N–H and O–H groups in total. The second-order valence-electron chi connectivity index (χ2n) is 5.59. The fourth-order valence-electron chi connectivity index (χ4n) is 2.87. The van der Waals surface area contributed by atoms with Crippen molar-refractivity contribution >= 4 is 5.97 Å². The number of carbonyl (C=O) groups is 1. The van der Waals surface area contributed by atoms with Gasteiger partial charge < -0.3 is 9.84 Å². The summed E-state index contributed by atoms with van der Waals surface area (Å²) >= 11 is 0. The quantitative estimate of drug-likeness (QED) is 0.891. The number of benzene rings is 1. The van der Waals surface area contributed by atoms with Gasteiger partial charge in [-0.15, -0.1) is 0 Å². The highest BCUT2D eigenvalue weighted by atomic mass is 16.5. The molecule has 0 unspecified atom stereocenters. The summed E-state index contributed by atoms with van der Waals surface area (Å²) in [5, 5.41) is 9.03. The lowest BCUT2D eigenvalue weighted by Gasteiger charge is -2.26. The van der Waals surface area contributed by atoms with Crippen LogP contribution in [0.1, 0.15) is 43.4 Å². The summed E-state index contributed by atoms with van der Waals surface area (Å²) in [6.07, 6.45) is 3.41. The maximum absolute atomic E-state index is 11.0. The molecule has 0 aromatic heterocycles. The lowest BCUT2D eigenvalue weighted by atomic mass is 9.79. The molecule has 1 aromatic carbocycles. The number of aryl methyl sites for hydroxylation is 1. The van der Waals surface area contributed by atoms with Crippen molar-refractivity contribution in [3.63, 3.8) is 0 Å². The molecule has 0 saturated heterocycles. The van der Waals surface area contributed by atoms with Gasteiger partial charge in [-0.2, -0.15) is 0 Å². The van der Waals surface area contributed by atoms with Crippen molar-refractivity contribution in [2.45, 2.75) is 44.9 Å². The van der Waals surface area contributed by atoms with Gasteiger partial charge in [-0.25, -0.2) is 0 Å². The van der Waals surface area contributed by atoms with E-state index in [1.54, 1.807) is 7.11 Å². The van der Waals surface area contributed by atoms with Gasteiger partial charge in [0.1, 0.15) is 5.75 Å². The number of hydrogen-bond acceptors (Lipinski definition) is 2. The van der Waals surface area contributed by atoms with Crippen LogP contribution in [0.2, 0.25) is 0 Å². The van der Waals surface area contributed by atoms with E-state index in [0.29, 0.717) is 0 Å². The van der Waals surface area contributed by atoms with Crippen LogP contribution in [-0.2, 0) is 23.1 Å². The highest BCUT2D eigenvalue weighted by molar-refractivity contribution is 5.69. The summed E-state index contributed by atoms with van der Waals surface area (Å²) in [7, 11) is 1.67. The standard InChI is InChI=1S/C15H20O3/c1-15(2,9-13(16)17)12-8-7-10-5-4-6-11(10)14(12)18-3/h7-8H,4-6,9H2,1-3H3,(H,16,17). The van der Waals surface area contributed by atoms with Crippen molar-refractivity contribution in [3.05, 3.63) is 28.8 Å². The largest absolute Gasteiger partial charge is 0.496 e. The van der Waals surface area contributed by atoms with Gasteiger partial charge in [0.15, 0.2) is 0 Å². The van der Waals surface area contributed by atoms with E-state index in [1.165, 1.54) is 11.1 Å². The second kappa shape index (κ2) is 4.63. The first kappa shape index (κ1) is 12.9. The Labute approximate surface area is 108 Å². The number of carboxylic acid groups (broad SMARTS) is 1. The van der Waals surface area contributed by atoms with E-state index in [9.17, 15) is 4.79 Å². The lowest BCUT2D eigenvalue weighted by molar-refractivity contribution is -0.138. The van der Waals surface area contributed by atoms with Gasteiger partial charge in [-0.1, -0.05) is 26.0 Å². The number of hydrogen-bond donors (Lipinski definition) is 1. The number of rotatable bonds is 4. The Bertz CT molecular complexity index is 475. The third-order valence-corrected chi connectivity index (χ3v) is 3.76. The first-order valence-electron chi connectivity index (χ1n) is 6.37. The summed E-state index contributed by atoms with van der Waals surface area (Å²) in [6, 6.07) is 4.16. The first-order chi connectivity index (χ1) is 8.45. The molecule has 0 aliphatic heterocycles. The molecule has 0 amide bonds. The van der Waals surface area contributed by atoms with Crippen molar-refractivity contribution < 1.29 is 14.6 Å². The van der Waals surface area contributed by atoms with Crippen LogP contribution in [0.25, 0.3) is 0 Å². The van der Waals surface area contributed by atoms with Gasteiger partial charge in [0.05, 0.1) is 13.5 Å². The third-order valence-electron chi connectivity index (χ3n) is 3.76. The van der Waals surface area contributed by atoms with E-state index in [1.807, 2.05) is 19.9 Å². The Morgan fingerprint density at radius 3 is 2.72 bits per heavy atom. The highest BCUT2D eigenvalue weighted by Gasteiger charge is 2.30. The summed E-state index contributed by atoms with van der Waals surface area (Å²) < 4.78 is 5.56. The smallest absolute Gasteiger partial charge is 0.304 e. The first-order valence-corrected chi connectivity index (χ1v) is 6.37. The average molecular weight is 248 g/mol. The van der Waals surface area contributed by atoms with Gasteiger partial charge in [-0.05, 0) is 30.4 Å². The molecule has 0 spiro atoms. The predicted octanol–water partition coefficient (Wildman–Crippen LogP) is 2.94. The van der Waals surface area contributed by atoms with Gasteiger partial charge in [0, 0.05) is 11.0 Å². The van der Waals surface area contributed by atoms with Crippen LogP contribution in [0.3, 0.4) is 0 Å². The third kappa shape index (κ3) is 2.22. The molecule has 2 rings (SSSR count). The van der Waals surface area contributed by atoms with Gasteiger partial charge >= 0.3 is 5.97 Å². The molecule has 3 nitrogen and oxygen atoms in total. The van der Waals surface area contributed by atoms with E-state index in [0.717, 1.165) is 30.6 Å². The molecule has 98 valence electrons. The Kier molecular flexibility index (Phi) is 3.33. The van der Waals surface area contributed by atoms with Gasteiger partial charge in [0.25, 0.3) is 0 Å². The van der Waals surface area contributed by atoms with Crippen molar-refractivity contribution in [2.75, 3.05) is 7.11 Å². The number of carboxylic acids is 1. The van der Waals surface area contributed by atoms with Crippen molar-refractivity contribution in [1.82, 2.24) is 0 Å². The van der Waals surface area contributed by atoms with E-state index < -0.39 is 11.4 Å². The number of ether oxygens (including phenoxy) is 1. The predicted molar refractivity (Wildman–Crippen MR) is 70.3 cm³/mol. The zero-order valence-electron chi connectivity index (χ0n) is 11.2. The topological polar surface area (TPSA) is 46.5 Å². The SMILES string of the molecule is COc1c(C(C)(C)CC(=O)O)ccc2c1CCC2. The Morgan fingerprint density at radius 1 is 1.39 bits per heavy atom. The highest BCUT2D eigenvalue weighted by Crippen LogP contribution is 2.40. The van der Waals surface area contributed by atoms with E-state index in [2.05, 4.69) is 6.07 Å². The maximum atomic E-state index is 11.0. The van der Waals surface area contributed by atoms with Crippen molar-refractivity contribution in [1.29, 1.82) is 0 Å². The molecule has 18 heavy (non-hydrogen) atoms. The van der Waals surface area contributed by atoms with E-state index >= 15 is 0 Å². The molecule has 1 aliphatic carbocycles.